The lowest BCUT2D eigenvalue weighted by molar-refractivity contribution is -0.248. The molecule has 0 aliphatic heterocycles. The summed E-state index contributed by atoms with van der Waals surface area (Å²) in [5.41, 5.74) is 1.47. The first kappa shape index (κ1) is 28.7. The molecule has 0 aromatic rings. The predicted octanol–water partition coefficient (Wildman–Crippen LogP) is 8.44. The SMILES string of the molecule is C=C(C)C.CC(=O)OC1CCC2(C)C(CCC3(C)C2CCC2C4CCCC4(C(=O)O)CC[C@]23C)C1(C)C. The Morgan fingerprint density at radius 1 is 0.757 bits per heavy atom. The van der Waals surface area contributed by atoms with Crippen molar-refractivity contribution < 1.29 is 19.4 Å². The highest BCUT2D eigenvalue weighted by molar-refractivity contribution is 5.76. The molecule has 0 aromatic heterocycles. The van der Waals surface area contributed by atoms with E-state index in [0.717, 1.165) is 44.9 Å². The number of carboxylic acids is 1. The molecule has 0 saturated heterocycles. The van der Waals surface area contributed by atoms with E-state index in [1.807, 2.05) is 13.8 Å². The van der Waals surface area contributed by atoms with Crippen molar-refractivity contribution in [3.63, 3.8) is 0 Å². The Balaban J connectivity index is 0.000000747. The number of carbonyl (C=O) groups excluding carboxylic acids is 1. The number of ether oxygens (including phenoxy) is 1. The van der Waals surface area contributed by atoms with Crippen LogP contribution in [0.2, 0.25) is 0 Å². The third-order valence-corrected chi connectivity index (χ3v) is 13.0. The molecule has 0 spiro atoms. The number of esters is 1. The van der Waals surface area contributed by atoms with Gasteiger partial charge in [-0.2, -0.15) is 0 Å². The van der Waals surface area contributed by atoms with Crippen molar-refractivity contribution >= 4 is 11.9 Å². The Morgan fingerprint density at radius 3 is 2.00 bits per heavy atom. The number of hydrogen-bond acceptors (Lipinski definition) is 3. The molecule has 0 bridgehead atoms. The average molecular weight is 515 g/mol. The number of carbonyl (C=O) groups is 2. The summed E-state index contributed by atoms with van der Waals surface area (Å²) >= 11 is 0. The molecule has 4 nitrogen and oxygen atoms in total. The lowest BCUT2D eigenvalue weighted by Crippen LogP contribution is -2.66. The van der Waals surface area contributed by atoms with Crippen LogP contribution >= 0.6 is 0 Å². The first-order chi connectivity index (χ1) is 17.1. The van der Waals surface area contributed by atoms with Gasteiger partial charge in [0.15, 0.2) is 0 Å². The highest BCUT2D eigenvalue weighted by Gasteiger charge is 2.71. The van der Waals surface area contributed by atoms with E-state index in [9.17, 15) is 14.7 Å². The van der Waals surface area contributed by atoms with E-state index in [0.29, 0.717) is 23.7 Å². The van der Waals surface area contributed by atoms with Crippen LogP contribution in [0.25, 0.3) is 0 Å². The minimum atomic E-state index is -0.513. The molecule has 1 N–H and O–H groups in total. The summed E-state index contributed by atoms with van der Waals surface area (Å²) in [6.07, 6.45) is 12.1. The normalized spacial score (nSPS) is 47.6. The summed E-state index contributed by atoms with van der Waals surface area (Å²) < 4.78 is 5.85. The summed E-state index contributed by atoms with van der Waals surface area (Å²) in [4.78, 5) is 24.3. The van der Waals surface area contributed by atoms with Crippen molar-refractivity contribution in [1.82, 2.24) is 0 Å². The minimum Gasteiger partial charge on any atom is -0.481 e. The molecule has 0 aromatic carbocycles. The van der Waals surface area contributed by atoms with Crippen molar-refractivity contribution in [3.8, 4) is 0 Å². The maximum absolute atomic E-state index is 12.5. The molecule has 0 amide bonds. The van der Waals surface area contributed by atoms with Crippen LogP contribution in [0.15, 0.2) is 12.2 Å². The zero-order valence-corrected chi connectivity index (χ0v) is 25.0. The lowest BCUT2D eigenvalue weighted by Gasteiger charge is -2.72. The first-order valence-corrected chi connectivity index (χ1v) is 15.1. The van der Waals surface area contributed by atoms with Gasteiger partial charge in [0.05, 0.1) is 5.41 Å². The molecule has 9 atom stereocenters. The molecule has 8 unspecified atom stereocenters. The highest BCUT2D eigenvalue weighted by atomic mass is 16.5. The number of carboxylic acid groups (broad SMARTS) is 1. The Morgan fingerprint density at radius 2 is 1.41 bits per heavy atom. The molecule has 5 rings (SSSR count). The van der Waals surface area contributed by atoms with Gasteiger partial charge in [-0.1, -0.05) is 46.6 Å². The van der Waals surface area contributed by atoms with Gasteiger partial charge in [-0.3, -0.25) is 9.59 Å². The number of rotatable bonds is 2. The molecular weight excluding hydrogens is 460 g/mol. The zero-order chi connectivity index (χ0) is 27.6. The van der Waals surface area contributed by atoms with E-state index in [-0.39, 0.29) is 33.7 Å². The molecule has 0 radical (unpaired) electrons. The van der Waals surface area contributed by atoms with Crippen molar-refractivity contribution in [1.29, 1.82) is 0 Å². The Labute approximate surface area is 226 Å². The van der Waals surface area contributed by atoms with Gasteiger partial charge < -0.3 is 9.84 Å². The topological polar surface area (TPSA) is 63.6 Å². The average Bonchev–Trinajstić information content (AvgIpc) is 3.21. The van der Waals surface area contributed by atoms with Crippen LogP contribution in [0.4, 0.5) is 0 Å². The van der Waals surface area contributed by atoms with Crippen LogP contribution < -0.4 is 0 Å². The summed E-state index contributed by atoms with van der Waals surface area (Å²) in [7, 11) is 0. The molecule has 37 heavy (non-hydrogen) atoms. The van der Waals surface area contributed by atoms with Gasteiger partial charge in [-0.25, -0.2) is 0 Å². The molecule has 4 heteroatoms. The third-order valence-electron chi connectivity index (χ3n) is 13.0. The van der Waals surface area contributed by atoms with Gasteiger partial charge >= 0.3 is 11.9 Å². The molecular formula is C33H54O4. The third kappa shape index (κ3) is 4.13. The first-order valence-electron chi connectivity index (χ1n) is 15.1. The Hall–Kier alpha value is -1.32. The molecule has 0 heterocycles. The van der Waals surface area contributed by atoms with Crippen LogP contribution in [-0.2, 0) is 14.3 Å². The van der Waals surface area contributed by atoms with E-state index in [4.69, 9.17) is 4.74 Å². The highest BCUT2D eigenvalue weighted by Crippen LogP contribution is 2.76. The smallest absolute Gasteiger partial charge is 0.309 e. The van der Waals surface area contributed by atoms with E-state index in [1.54, 1.807) is 6.92 Å². The standard InChI is InChI=1S/C29H46O4.C4H8/c1-18(30)33-23-12-14-26(4)21(25(23,2)3)11-15-28(6)22(26)10-9-19-20-8-7-13-29(20,24(31)32)17-16-27(19,28)5;1-4(2)3/h19-23H,7-17H2,1-6H3,(H,31,32);1H2,2-3H3/t19?,20?,21?,22?,23?,26?,27-,28?,29?;/m1./s1. The number of fused-ring (bicyclic) bond motifs is 7. The van der Waals surface area contributed by atoms with E-state index >= 15 is 0 Å². The second-order valence-electron chi connectivity index (χ2n) is 15.3. The largest absolute Gasteiger partial charge is 0.481 e. The zero-order valence-electron chi connectivity index (χ0n) is 25.0. The summed E-state index contributed by atoms with van der Waals surface area (Å²) in [5, 5.41) is 10.3. The van der Waals surface area contributed by atoms with Crippen molar-refractivity contribution in [3.05, 3.63) is 12.2 Å². The second kappa shape index (κ2) is 9.40. The monoisotopic (exact) mass is 514 g/mol. The second-order valence-corrected chi connectivity index (χ2v) is 15.3. The van der Waals surface area contributed by atoms with Crippen LogP contribution in [0.1, 0.15) is 126 Å². The van der Waals surface area contributed by atoms with Crippen molar-refractivity contribution in [2.75, 3.05) is 0 Å². The van der Waals surface area contributed by atoms with Crippen molar-refractivity contribution in [2.24, 2.45) is 50.7 Å². The van der Waals surface area contributed by atoms with Crippen LogP contribution in [0.3, 0.4) is 0 Å². The molecule has 5 saturated carbocycles. The minimum absolute atomic E-state index is 0.00572. The van der Waals surface area contributed by atoms with Gasteiger partial charge in [0.25, 0.3) is 0 Å². The van der Waals surface area contributed by atoms with Gasteiger partial charge in [0.1, 0.15) is 6.10 Å². The molecule has 5 aliphatic rings. The van der Waals surface area contributed by atoms with Crippen LogP contribution in [-0.4, -0.2) is 23.1 Å². The quantitative estimate of drug-likeness (QED) is 0.297. The summed E-state index contributed by atoms with van der Waals surface area (Å²) in [5.74, 6) is 1.49. The molecule has 5 aliphatic carbocycles. The Kier molecular flexibility index (Phi) is 7.29. The fourth-order valence-electron chi connectivity index (χ4n) is 11.3. The lowest BCUT2D eigenvalue weighted by atomic mass is 9.32. The number of allylic oxidation sites excluding steroid dienone is 1. The number of hydrogen-bond donors (Lipinski definition) is 1. The number of aliphatic carboxylic acids is 1. The van der Waals surface area contributed by atoms with Gasteiger partial charge in [-0.15, -0.1) is 6.58 Å². The fraction of sp³-hybridized carbons (Fsp3) is 0.879. The van der Waals surface area contributed by atoms with Gasteiger partial charge in [-0.05, 0) is 118 Å². The van der Waals surface area contributed by atoms with E-state index in [1.165, 1.54) is 31.3 Å². The van der Waals surface area contributed by atoms with Crippen LogP contribution in [0, 0.1) is 50.7 Å². The molecule has 210 valence electrons. The Bertz CT molecular complexity index is 933. The maximum atomic E-state index is 12.5. The van der Waals surface area contributed by atoms with Crippen molar-refractivity contribution in [2.45, 2.75) is 132 Å². The summed E-state index contributed by atoms with van der Waals surface area (Å²) in [6.45, 7) is 21.5. The predicted molar refractivity (Wildman–Crippen MR) is 149 cm³/mol. The summed E-state index contributed by atoms with van der Waals surface area (Å²) in [6, 6.07) is 0. The van der Waals surface area contributed by atoms with Gasteiger partial charge in [0, 0.05) is 12.3 Å². The van der Waals surface area contributed by atoms with Gasteiger partial charge in [0.2, 0.25) is 0 Å². The molecule has 5 fully saturated rings. The van der Waals surface area contributed by atoms with Crippen LogP contribution in [0.5, 0.6) is 0 Å². The van der Waals surface area contributed by atoms with E-state index in [2.05, 4.69) is 41.2 Å². The van der Waals surface area contributed by atoms with E-state index < -0.39 is 11.4 Å². The maximum Gasteiger partial charge on any atom is 0.309 e. The fourth-order valence-corrected chi connectivity index (χ4v) is 11.3.